The van der Waals surface area contributed by atoms with Gasteiger partial charge in [0, 0.05) is 19.2 Å². The monoisotopic (exact) mass is 546 g/mol. The van der Waals surface area contributed by atoms with E-state index in [1.54, 1.807) is 13.1 Å². The lowest BCUT2D eigenvalue weighted by molar-refractivity contribution is -0.131. The summed E-state index contributed by atoms with van der Waals surface area (Å²) in [6.07, 6.45) is 3.57. The summed E-state index contributed by atoms with van der Waals surface area (Å²) in [4.78, 5) is 56.1. The van der Waals surface area contributed by atoms with Crippen LogP contribution in [0.25, 0.3) is 0 Å². The molecule has 0 fully saturated rings. The molecule has 210 valence electrons. The molecular weight excluding hydrogens is 512 g/mol. The molecule has 1 aromatic carbocycles. The maximum Gasteiger partial charge on any atom is 0.243 e. The van der Waals surface area contributed by atoms with Gasteiger partial charge < -0.3 is 32.3 Å². The SMILES string of the molecule is C[C@@H]1Nc2nc(nc(NCc3ccccn3)n2)NCCCC[C@H](C(N)=O)NC(=O)[C@H](Cc2ccccc2)NC1=O. The first kappa shape index (κ1) is 28.2. The number of pyridine rings is 1. The van der Waals surface area contributed by atoms with Crippen molar-refractivity contribution in [3.8, 4) is 0 Å². The second-order valence-electron chi connectivity index (χ2n) is 9.48. The van der Waals surface area contributed by atoms with Crippen LogP contribution in [-0.4, -0.2) is 62.3 Å². The second kappa shape index (κ2) is 13.8. The van der Waals surface area contributed by atoms with E-state index in [9.17, 15) is 14.4 Å². The lowest BCUT2D eigenvalue weighted by Crippen LogP contribution is -2.55. The van der Waals surface area contributed by atoms with Crippen LogP contribution in [0.15, 0.2) is 54.7 Å². The summed E-state index contributed by atoms with van der Waals surface area (Å²) in [5.74, 6) is -0.753. The maximum atomic E-state index is 13.2. The molecule has 13 heteroatoms. The molecule has 3 heterocycles. The van der Waals surface area contributed by atoms with Gasteiger partial charge in [0.1, 0.15) is 18.1 Å². The maximum absolute atomic E-state index is 13.2. The van der Waals surface area contributed by atoms with Crippen LogP contribution in [0, 0.1) is 0 Å². The van der Waals surface area contributed by atoms with Gasteiger partial charge in [-0.2, -0.15) is 15.0 Å². The van der Waals surface area contributed by atoms with Crippen molar-refractivity contribution in [2.75, 3.05) is 22.5 Å². The van der Waals surface area contributed by atoms with E-state index in [1.807, 2.05) is 48.5 Å². The third-order valence-corrected chi connectivity index (χ3v) is 6.31. The van der Waals surface area contributed by atoms with Gasteiger partial charge in [0.25, 0.3) is 0 Å². The lowest BCUT2D eigenvalue weighted by atomic mass is 10.0. The predicted molar refractivity (Wildman–Crippen MR) is 150 cm³/mol. The van der Waals surface area contributed by atoms with Crippen LogP contribution in [0.1, 0.15) is 37.4 Å². The summed E-state index contributed by atoms with van der Waals surface area (Å²) in [7, 11) is 0. The van der Waals surface area contributed by atoms with Crippen molar-refractivity contribution in [3.63, 3.8) is 0 Å². The van der Waals surface area contributed by atoms with Gasteiger partial charge in [-0.15, -0.1) is 0 Å². The minimum atomic E-state index is -0.930. The number of primary amides is 1. The number of rotatable bonds is 6. The molecule has 3 aromatic rings. The fourth-order valence-electron chi connectivity index (χ4n) is 4.12. The highest BCUT2D eigenvalue weighted by atomic mass is 16.2. The standard InChI is InChI=1S/C27H34N10O3/c1-17-23(39)34-21(15-18-9-3-2-4-10-18)24(40)33-20(22(28)38)12-6-8-14-30-25-35-26(37-27(32-17)36-25)31-16-19-11-5-7-13-29-19/h2-5,7,9-11,13,17,20-21H,6,8,12,14-16H2,1H3,(H2,28,38)(H,33,40)(H,34,39)(H3,30,31,32,35,36,37)/t17-,20+,21-/m0/s1. The molecule has 3 amide bonds. The molecule has 4 rings (SSSR count). The van der Waals surface area contributed by atoms with E-state index in [4.69, 9.17) is 5.73 Å². The van der Waals surface area contributed by atoms with Crippen molar-refractivity contribution in [1.29, 1.82) is 0 Å². The summed E-state index contributed by atoms with van der Waals surface area (Å²) < 4.78 is 0. The Kier molecular flexibility index (Phi) is 9.75. The molecule has 40 heavy (non-hydrogen) atoms. The van der Waals surface area contributed by atoms with Gasteiger partial charge in [-0.1, -0.05) is 36.4 Å². The van der Waals surface area contributed by atoms with E-state index >= 15 is 0 Å². The van der Waals surface area contributed by atoms with Crippen LogP contribution in [0.2, 0.25) is 0 Å². The van der Waals surface area contributed by atoms with E-state index in [0.717, 1.165) is 11.3 Å². The van der Waals surface area contributed by atoms with Crippen molar-refractivity contribution in [3.05, 3.63) is 66.0 Å². The molecule has 0 radical (unpaired) electrons. The van der Waals surface area contributed by atoms with Crippen LogP contribution >= 0.6 is 0 Å². The van der Waals surface area contributed by atoms with Crippen LogP contribution in [-0.2, 0) is 27.3 Å². The first-order valence-corrected chi connectivity index (χ1v) is 13.2. The Morgan fingerprint density at radius 2 is 1.73 bits per heavy atom. The average molecular weight is 547 g/mol. The highest BCUT2D eigenvalue weighted by molar-refractivity contribution is 5.93. The number of nitrogens with zero attached hydrogens (tertiary/aromatic N) is 4. The number of fused-ring (bicyclic) bond motifs is 2. The Morgan fingerprint density at radius 3 is 2.48 bits per heavy atom. The predicted octanol–water partition coefficient (Wildman–Crippen LogP) is 0.973. The van der Waals surface area contributed by atoms with Crippen LogP contribution in [0.4, 0.5) is 17.8 Å². The van der Waals surface area contributed by atoms with Crippen LogP contribution in [0.3, 0.4) is 0 Å². The van der Waals surface area contributed by atoms with Gasteiger partial charge >= 0.3 is 0 Å². The molecule has 0 aliphatic carbocycles. The number of carbonyl (C=O) groups is 3. The quantitative estimate of drug-likeness (QED) is 0.260. The zero-order chi connectivity index (χ0) is 28.3. The fraction of sp³-hybridized carbons (Fsp3) is 0.370. The zero-order valence-corrected chi connectivity index (χ0v) is 22.3. The fourth-order valence-corrected chi connectivity index (χ4v) is 4.12. The molecule has 2 bridgehead atoms. The van der Waals surface area contributed by atoms with E-state index < -0.39 is 35.8 Å². The Labute approximate surface area is 232 Å². The minimum Gasteiger partial charge on any atom is -0.368 e. The number of hydrogen-bond donors (Lipinski definition) is 6. The Balaban J connectivity index is 1.56. The third-order valence-electron chi connectivity index (χ3n) is 6.31. The van der Waals surface area contributed by atoms with E-state index in [-0.39, 0.29) is 12.4 Å². The normalized spacial score (nSPS) is 20.3. The highest BCUT2D eigenvalue weighted by Crippen LogP contribution is 2.13. The van der Waals surface area contributed by atoms with Gasteiger partial charge in [-0.25, -0.2) is 0 Å². The molecular formula is C27H34N10O3. The summed E-state index contributed by atoms with van der Waals surface area (Å²) in [5.41, 5.74) is 7.24. The molecule has 13 nitrogen and oxygen atoms in total. The number of aromatic nitrogens is 4. The molecule has 1 aliphatic heterocycles. The lowest BCUT2D eigenvalue weighted by Gasteiger charge is -2.24. The first-order chi connectivity index (χ1) is 19.4. The van der Waals surface area contributed by atoms with E-state index in [0.29, 0.717) is 44.2 Å². The van der Waals surface area contributed by atoms with Crippen molar-refractivity contribution < 1.29 is 14.4 Å². The Morgan fingerprint density at radius 1 is 0.950 bits per heavy atom. The number of hydrogen-bond acceptors (Lipinski definition) is 10. The van der Waals surface area contributed by atoms with Crippen molar-refractivity contribution in [2.45, 2.75) is 57.3 Å². The number of benzene rings is 1. The van der Waals surface area contributed by atoms with Crippen molar-refractivity contribution in [1.82, 2.24) is 30.6 Å². The first-order valence-electron chi connectivity index (χ1n) is 13.2. The largest absolute Gasteiger partial charge is 0.368 e. The number of carbonyl (C=O) groups excluding carboxylic acids is 3. The third kappa shape index (κ3) is 8.35. The average Bonchev–Trinajstić information content (AvgIpc) is 2.95. The summed E-state index contributed by atoms with van der Waals surface area (Å²) >= 11 is 0. The molecule has 2 aromatic heterocycles. The van der Waals surface area contributed by atoms with Gasteiger partial charge in [0.05, 0.1) is 12.2 Å². The summed E-state index contributed by atoms with van der Waals surface area (Å²) in [6.45, 7) is 2.54. The smallest absolute Gasteiger partial charge is 0.243 e. The molecule has 1 aliphatic rings. The van der Waals surface area contributed by atoms with Gasteiger partial charge in [-0.3, -0.25) is 19.4 Å². The number of amides is 3. The topological polar surface area (TPSA) is 189 Å². The van der Waals surface area contributed by atoms with E-state index in [2.05, 4.69) is 46.5 Å². The number of anilines is 3. The number of nitrogens with one attached hydrogen (secondary N) is 5. The van der Waals surface area contributed by atoms with Gasteiger partial charge in [0.15, 0.2) is 0 Å². The molecule has 0 saturated carbocycles. The highest BCUT2D eigenvalue weighted by Gasteiger charge is 2.28. The molecule has 0 spiro atoms. The summed E-state index contributed by atoms with van der Waals surface area (Å²) in [5, 5.41) is 14.8. The van der Waals surface area contributed by atoms with Crippen molar-refractivity contribution in [2.24, 2.45) is 5.73 Å². The summed E-state index contributed by atoms with van der Waals surface area (Å²) in [6, 6.07) is 12.3. The van der Waals surface area contributed by atoms with Gasteiger partial charge in [-0.05, 0) is 43.9 Å². The molecule has 0 saturated heterocycles. The molecule has 3 atom stereocenters. The van der Waals surface area contributed by atoms with Crippen LogP contribution in [0.5, 0.6) is 0 Å². The molecule has 7 N–H and O–H groups in total. The van der Waals surface area contributed by atoms with Gasteiger partial charge in [0.2, 0.25) is 35.6 Å². The Hall–Kier alpha value is -4.81. The van der Waals surface area contributed by atoms with E-state index in [1.165, 1.54) is 0 Å². The zero-order valence-electron chi connectivity index (χ0n) is 22.3. The minimum absolute atomic E-state index is 0.189. The van der Waals surface area contributed by atoms with Crippen molar-refractivity contribution >= 4 is 35.6 Å². The second-order valence-corrected chi connectivity index (χ2v) is 9.48. The number of nitrogens with two attached hydrogens (primary N) is 1. The Bertz CT molecular complexity index is 1290. The van der Waals surface area contributed by atoms with Crippen LogP contribution < -0.4 is 32.3 Å². The molecule has 0 unspecified atom stereocenters.